The second-order valence-corrected chi connectivity index (χ2v) is 3.98. The molecule has 2 aromatic rings. The van der Waals surface area contributed by atoms with Gasteiger partial charge in [-0.1, -0.05) is 19.1 Å². The van der Waals surface area contributed by atoms with Gasteiger partial charge in [0.2, 0.25) is 0 Å². The zero-order valence-electron chi connectivity index (χ0n) is 10.3. The zero-order chi connectivity index (χ0) is 13.8. The van der Waals surface area contributed by atoms with Gasteiger partial charge in [0.25, 0.3) is 0 Å². The normalized spacial score (nSPS) is 10.3. The standard InChI is InChI=1S/C15H12F2O2/c1-2-14(18)10-4-3-5-12(8-10)19-15-9-11(16)6-7-13(15)17/h3-9H,2H2,1H3. The summed E-state index contributed by atoms with van der Waals surface area (Å²) in [6, 6.07) is 9.34. The minimum Gasteiger partial charge on any atom is -0.454 e. The van der Waals surface area contributed by atoms with Gasteiger partial charge < -0.3 is 4.74 Å². The van der Waals surface area contributed by atoms with Gasteiger partial charge in [0.1, 0.15) is 11.6 Å². The molecular formula is C15H12F2O2. The molecule has 0 saturated heterocycles. The Morgan fingerprint density at radius 1 is 1.16 bits per heavy atom. The molecule has 0 N–H and O–H groups in total. The predicted octanol–water partition coefficient (Wildman–Crippen LogP) is 4.35. The van der Waals surface area contributed by atoms with Crippen LogP contribution < -0.4 is 4.74 Å². The summed E-state index contributed by atoms with van der Waals surface area (Å²) in [5.41, 5.74) is 0.483. The largest absolute Gasteiger partial charge is 0.454 e. The number of Topliss-reactive ketones (excluding diaryl/α,β-unsaturated/α-hetero) is 1. The van der Waals surface area contributed by atoms with E-state index in [9.17, 15) is 13.6 Å². The van der Waals surface area contributed by atoms with Crippen molar-refractivity contribution in [3.63, 3.8) is 0 Å². The Kier molecular flexibility index (Phi) is 3.90. The minimum absolute atomic E-state index is 0.0369. The van der Waals surface area contributed by atoms with Gasteiger partial charge in [-0.25, -0.2) is 8.78 Å². The number of ketones is 1. The molecule has 19 heavy (non-hydrogen) atoms. The Hall–Kier alpha value is -2.23. The molecule has 0 heterocycles. The van der Waals surface area contributed by atoms with Crippen LogP contribution in [0.3, 0.4) is 0 Å². The van der Waals surface area contributed by atoms with E-state index in [1.54, 1.807) is 25.1 Å². The van der Waals surface area contributed by atoms with Gasteiger partial charge in [-0.2, -0.15) is 0 Å². The van der Waals surface area contributed by atoms with Crippen molar-refractivity contribution in [1.29, 1.82) is 0 Å². The number of benzene rings is 2. The lowest BCUT2D eigenvalue weighted by Gasteiger charge is -2.08. The maximum atomic E-state index is 13.4. The Labute approximate surface area is 109 Å². The molecular weight excluding hydrogens is 250 g/mol. The third-order valence-electron chi connectivity index (χ3n) is 2.60. The first-order chi connectivity index (χ1) is 9.10. The van der Waals surface area contributed by atoms with Crippen LogP contribution >= 0.6 is 0 Å². The van der Waals surface area contributed by atoms with Crippen molar-refractivity contribution < 1.29 is 18.3 Å². The topological polar surface area (TPSA) is 26.3 Å². The molecule has 0 aliphatic heterocycles. The van der Waals surface area contributed by atoms with E-state index in [0.29, 0.717) is 17.7 Å². The summed E-state index contributed by atoms with van der Waals surface area (Å²) in [6.45, 7) is 1.75. The average molecular weight is 262 g/mol. The number of hydrogen-bond donors (Lipinski definition) is 0. The van der Waals surface area contributed by atoms with E-state index in [1.807, 2.05) is 0 Å². The van der Waals surface area contributed by atoms with Gasteiger partial charge in [-0.3, -0.25) is 4.79 Å². The Morgan fingerprint density at radius 2 is 1.95 bits per heavy atom. The van der Waals surface area contributed by atoms with E-state index >= 15 is 0 Å². The maximum Gasteiger partial charge on any atom is 0.165 e. The number of rotatable bonds is 4. The van der Waals surface area contributed by atoms with Crippen molar-refractivity contribution in [2.45, 2.75) is 13.3 Å². The molecule has 2 nitrogen and oxygen atoms in total. The molecule has 2 aromatic carbocycles. The molecule has 98 valence electrons. The number of carbonyl (C=O) groups excluding carboxylic acids is 1. The summed E-state index contributed by atoms with van der Waals surface area (Å²) in [4.78, 5) is 11.5. The first kappa shape index (κ1) is 13.2. The molecule has 0 unspecified atom stereocenters. The molecule has 2 rings (SSSR count). The monoisotopic (exact) mass is 262 g/mol. The first-order valence-electron chi connectivity index (χ1n) is 5.86. The fraction of sp³-hybridized carbons (Fsp3) is 0.133. The van der Waals surface area contributed by atoms with Crippen molar-refractivity contribution in [3.05, 3.63) is 59.7 Å². The highest BCUT2D eigenvalue weighted by atomic mass is 19.1. The van der Waals surface area contributed by atoms with Gasteiger partial charge in [-0.15, -0.1) is 0 Å². The molecule has 4 heteroatoms. The molecule has 0 aromatic heterocycles. The smallest absolute Gasteiger partial charge is 0.165 e. The molecule has 0 aliphatic rings. The lowest BCUT2D eigenvalue weighted by Crippen LogP contribution is -1.97. The third kappa shape index (κ3) is 3.16. The highest BCUT2D eigenvalue weighted by Gasteiger charge is 2.08. The van der Waals surface area contributed by atoms with Crippen LogP contribution in [0.5, 0.6) is 11.5 Å². The Bertz CT molecular complexity index is 609. The third-order valence-corrected chi connectivity index (χ3v) is 2.60. The van der Waals surface area contributed by atoms with Gasteiger partial charge >= 0.3 is 0 Å². The highest BCUT2D eigenvalue weighted by Crippen LogP contribution is 2.26. The van der Waals surface area contributed by atoms with Crippen molar-refractivity contribution in [3.8, 4) is 11.5 Å². The fourth-order valence-electron chi connectivity index (χ4n) is 1.62. The lowest BCUT2D eigenvalue weighted by atomic mass is 10.1. The fourth-order valence-corrected chi connectivity index (χ4v) is 1.62. The van der Waals surface area contributed by atoms with E-state index in [1.165, 1.54) is 6.07 Å². The van der Waals surface area contributed by atoms with E-state index in [2.05, 4.69) is 0 Å². The molecule has 0 fully saturated rings. The predicted molar refractivity (Wildman–Crippen MR) is 67.5 cm³/mol. The molecule has 0 saturated carbocycles. The van der Waals surface area contributed by atoms with Gasteiger partial charge in [-0.05, 0) is 24.3 Å². The zero-order valence-corrected chi connectivity index (χ0v) is 10.3. The van der Waals surface area contributed by atoms with E-state index in [0.717, 1.165) is 18.2 Å². The van der Waals surface area contributed by atoms with Crippen LogP contribution in [0.15, 0.2) is 42.5 Å². The van der Waals surface area contributed by atoms with Crippen LogP contribution in [0, 0.1) is 11.6 Å². The van der Waals surface area contributed by atoms with Crippen molar-refractivity contribution in [1.82, 2.24) is 0 Å². The van der Waals surface area contributed by atoms with Gasteiger partial charge in [0.15, 0.2) is 17.3 Å². The van der Waals surface area contributed by atoms with Crippen LogP contribution in [0.25, 0.3) is 0 Å². The summed E-state index contributed by atoms with van der Waals surface area (Å²) in [5, 5.41) is 0. The highest BCUT2D eigenvalue weighted by molar-refractivity contribution is 5.96. The summed E-state index contributed by atoms with van der Waals surface area (Å²) in [6.07, 6.45) is 0.373. The van der Waals surface area contributed by atoms with E-state index in [-0.39, 0.29) is 11.5 Å². The number of halogens is 2. The second kappa shape index (κ2) is 5.61. The van der Waals surface area contributed by atoms with Crippen molar-refractivity contribution in [2.75, 3.05) is 0 Å². The first-order valence-corrected chi connectivity index (χ1v) is 5.86. The quantitative estimate of drug-likeness (QED) is 0.766. The molecule has 0 spiro atoms. The molecule has 0 bridgehead atoms. The van der Waals surface area contributed by atoms with Crippen LogP contribution in [-0.4, -0.2) is 5.78 Å². The number of carbonyl (C=O) groups is 1. The van der Waals surface area contributed by atoms with Crippen molar-refractivity contribution >= 4 is 5.78 Å². The minimum atomic E-state index is -0.659. The second-order valence-electron chi connectivity index (χ2n) is 3.98. The van der Waals surface area contributed by atoms with Gasteiger partial charge in [0.05, 0.1) is 0 Å². The Balaban J connectivity index is 2.28. The number of ether oxygens (including phenoxy) is 1. The van der Waals surface area contributed by atoms with Gasteiger partial charge in [0, 0.05) is 18.1 Å². The SMILES string of the molecule is CCC(=O)c1cccc(Oc2cc(F)ccc2F)c1. The van der Waals surface area contributed by atoms with Crippen molar-refractivity contribution in [2.24, 2.45) is 0 Å². The molecule has 0 radical (unpaired) electrons. The molecule has 0 aliphatic carbocycles. The summed E-state index contributed by atoms with van der Waals surface area (Å²) < 4.78 is 31.7. The van der Waals surface area contributed by atoms with Crippen LogP contribution in [0.4, 0.5) is 8.78 Å². The van der Waals surface area contributed by atoms with E-state index < -0.39 is 11.6 Å². The Morgan fingerprint density at radius 3 is 2.68 bits per heavy atom. The number of hydrogen-bond acceptors (Lipinski definition) is 2. The maximum absolute atomic E-state index is 13.4. The molecule has 0 amide bonds. The van der Waals surface area contributed by atoms with Crippen LogP contribution in [0.2, 0.25) is 0 Å². The summed E-state index contributed by atoms with van der Waals surface area (Å²) in [7, 11) is 0. The summed E-state index contributed by atoms with van der Waals surface area (Å²) >= 11 is 0. The van der Waals surface area contributed by atoms with E-state index in [4.69, 9.17) is 4.74 Å². The van der Waals surface area contributed by atoms with Crippen LogP contribution in [0.1, 0.15) is 23.7 Å². The van der Waals surface area contributed by atoms with Crippen LogP contribution in [-0.2, 0) is 0 Å². The average Bonchev–Trinajstić information content (AvgIpc) is 2.42. The molecule has 0 atom stereocenters. The summed E-state index contributed by atoms with van der Waals surface area (Å²) in [5.74, 6) is -1.19. The lowest BCUT2D eigenvalue weighted by molar-refractivity contribution is 0.0988.